The van der Waals surface area contributed by atoms with E-state index in [9.17, 15) is 0 Å². The summed E-state index contributed by atoms with van der Waals surface area (Å²) in [6.45, 7) is 5.39. The maximum absolute atomic E-state index is 2.75. The molecule has 2 saturated carbocycles. The van der Waals surface area contributed by atoms with Crippen LogP contribution in [0.3, 0.4) is 0 Å². The van der Waals surface area contributed by atoms with Gasteiger partial charge in [0.15, 0.2) is 0 Å². The molecule has 17 heavy (non-hydrogen) atoms. The van der Waals surface area contributed by atoms with Crippen LogP contribution in [0.5, 0.6) is 0 Å². The highest BCUT2D eigenvalue weighted by Gasteiger charge is 2.53. The van der Waals surface area contributed by atoms with Crippen LogP contribution in [0.2, 0.25) is 0 Å². The molecule has 3 rings (SSSR count). The molecule has 0 amide bonds. The van der Waals surface area contributed by atoms with Gasteiger partial charge in [-0.25, -0.2) is 0 Å². The maximum atomic E-state index is 2.75. The number of hydrogen-bond acceptors (Lipinski definition) is 2. The lowest BCUT2D eigenvalue weighted by atomic mass is 9.72. The van der Waals surface area contributed by atoms with E-state index in [-0.39, 0.29) is 0 Å². The summed E-state index contributed by atoms with van der Waals surface area (Å²) in [7, 11) is 4.36. The van der Waals surface area contributed by atoms with Gasteiger partial charge in [-0.15, -0.1) is 0 Å². The fourth-order valence-corrected chi connectivity index (χ4v) is 4.84. The van der Waals surface area contributed by atoms with Crippen molar-refractivity contribution in [3.8, 4) is 0 Å². The van der Waals surface area contributed by atoms with E-state index in [2.05, 4.69) is 23.9 Å². The van der Waals surface area contributed by atoms with Gasteiger partial charge in [0.1, 0.15) is 0 Å². The van der Waals surface area contributed by atoms with Crippen molar-refractivity contribution in [2.75, 3.05) is 40.3 Å². The van der Waals surface area contributed by atoms with Crippen LogP contribution < -0.4 is 0 Å². The molecule has 0 aromatic heterocycles. The zero-order valence-corrected chi connectivity index (χ0v) is 11.6. The SMILES string of the molecule is CN(C)CCCN1CC[C@@]2(C[C@H]3CC[C@H]2C3)C1. The first kappa shape index (κ1) is 12.0. The average molecular weight is 236 g/mol. The molecule has 1 spiro atoms. The molecule has 1 heterocycles. The summed E-state index contributed by atoms with van der Waals surface area (Å²) in [5.74, 6) is 2.22. The number of fused-ring (bicyclic) bond motifs is 3. The van der Waals surface area contributed by atoms with E-state index < -0.39 is 0 Å². The Labute approximate surface area is 106 Å². The van der Waals surface area contributed by atoms with Crippen LogP contribution in [-0.4, -0.2) is 50.1 Å². The van der Waals surface area contributed by atoms with Gasteiger partial charge in [0.25, 0.3) is 0 Å². The summed E-state index contributed by atoms with van der Waals surface area (Å²) in [5, 5.41) is 0. The van der Waals surface area contributed by atoms with Crippen molar-refractivity contribution in [2.24, 2.45) is 17.3 Å². The van der Waals surface area contributed by atoms with Gasteiger partial charge in [0.05, 0.1) is 0 Å². The van der Waals surface area contributed by atoms with Gasteiger partial charge in [0, 0.05) is 6.54 Å². The van der Waals surface area contributed by atoms with Gasteiger partial charge >= 0.3 is 0 Å². The number of rotatable bonds is 4. The third-order valence-corrected chi connectivity index (χ3v) is 5.65. The Hall–Kier alpha value is -0.0800. The molecule has 0 aromatic carbocycles. The molecule has 2 bridgehead atoms. The van der Waals surface area contributed by atoms with Gasteiger partial charge in [-0.05, 0) is 83.1 Å². The van der Waals surface area contributed by atoms with Gasteiger partial charge < -0.3 is 9.80 Å². The monoisotopic (exact) mass is 236 g/mol. The van der Waals surface area contributed by atoms with E-state index in [1.807, 2.05) is 0 Å². The van der Waals surface area contributed by atoms with Crippen molar-refractivity contribution >= 4 is 0 Å². The Morgan fingerprint density at radius 1 is 1.29 bits per heavy atom. The molecule has 1 saturated heterocycles. The second kappa shape index (κ2) is 4.55. The lowest BCUT2D eigenvalue weighted by Crippen LogP contribution is -2.33. The summed E-state index contributed by atoms with van der Waals surface area (Å²) < 4.78 is 0. The molecule has 3 atom stereocenters. The molecule has 2 aliphatic carbocycles. The molecular formula is C15H28N2. The van der Waals surface area contributed by atoms with Crippen LogP contribution in [0.1, 0.15) is 38.5 Å². The molecule has 3 aliphatic rings. The highest BCUT2D eigenvalue weighted by molar-refractivity contribution is 5.04. The minimum absolute atomic E-state index is 0.779. The largest absolute Gasteiger partial charge is 0.309 e. The summed E-state index contributed by atoms with van der Waals surface area (Å²) in [4.78, 5) is 5.06. The maximum Gasteiger partial charge on any atom is 0.00412 e. The average Bonchev–Trinajstić information content (AvgIpc) is 2.94. The van der Waals surface area contributed by atoms with Crippen molar-refractivity contribution in [1.29, 1.82) is 0 Å². The Morgan fingerprint density at radius 3 is 2.82 bits per heavy atom. The van der Waals surface area contributed by atoms with Crippen molar-refractivity contribution < 1.29 is 0 Å². The number of hydrogen-bond donors (Lipinski definition) is 0. The van der Waals surface area contributed by atoms with Crippen LogP contribution in [0, 0.1) is 17.3 Å². The first-order valence-electron chi connectivity index (χ1n) is 7.55. The summed E-state index contributed by atoms with van der Waals surface area (Å²) in [6.07, 6.45) is 9.10. The topological polar surface area (TPSA) is 6.48 Å². The molecule has 2 heteroatoms. The Morgan fingerprint density at radius 2 is 2.18 bits per heavy atom. The standard InChI is InChI=1S/C15H28N2/c1-16(2)7-3-8-17-9-6-15(12-17)11-13-4-5-14(15)10-13/h13-14H,3-12H2,1-2H3/t13-,14-,15+/m0/s1. The van der Waals surface area contributed by atoms with Crippen LogP contribution >= 0.6 is 0 Å². The fourth-order valence-electron chi connectivity index (χ4n) is 4.84. The third-order valence-electron chi connectivity index (χ3n) is 5.65. The Kier molecular flexibility index (Phi) is 3.20. The van der Waals surface area contributed by atoms with Gasteiger partial charge in [-0.3, -0.25) is 0 Å². The summed E-state index contributed by atoms with van der Waals surface area (Å²) in [6, 6.07) is 0. The zero-order valence-electron chi connectivity index (χ0n) is 11.6. The highest BCUT2D eigenvalue weighted by Crippen LogP contribution is 2.59. The predicted octanol–water partition coefficient (Wildman–Crippen LogP) is 2.45. The second-order valence-electron chi connectivity index (χ2n) is 7.13. The number of likely N-dealkylation sites (tertiary alicyclic amines) is 1. The van der Waals surface area contributed by atoms with E-state index in [0.717, 1.165) is 17.3 Å². The zero-order chi connectivity index (χ0) is 11.9. The molecule has 0 N–H and O–H groups in total. The van der Waals surface area contributed by atoms with Crippen LogP contribution in [0.4, 0.5) is 0 Å². The third kappa shape index (κ3) is 2.26. The fraction of sp³-hybridized carbons (Fsp3) is 1.00. The normalized spacial score (nSPS) is 41.1. The first-order chi connectivity index (χ1) is 8.18. The molecule has 0 aromatic rings. The Bertz CT molecular complexity index is 276. The molecule has 3 fully saturated rings. The lowest BCUT2D eigenvalue weighted by Gasteiger charge is -2.34. The van der Waals surface area contributed by atoms with Crippen molar-refractivity contribution in [1.82, 2.24) is 9.80 Å². The second-order valence-corrected chi connectivity index (χ2v) is 7.13. The first-order valence-corrected chi connectivity index (χ1v) is 7.55. The minimum atomic E-state index is 0.779. The van der Waals surface area contributed by atoms with Crippen LogP contribution in [-0.2, 0) is 0 Å². The van der Waals surface area contributed by atoms with E-state index in [1.165, 1.54) is 39.0 Å². The molecule has 98 valence electrons. The molecular weight excluding hydrogens is 208 g/mol. The smallest absolute Gasteiger partial charge is 0.00412 e. The predicted molar refractivity (Wildman–Crippen MR) is 72.1 cm³/mol. The van der Waals surface area contributed by atoms with E-state index in [0.29, 0.717) is 0 Å². The summed E-state index contributed by atoms with van der Waals surface area (Å²) >= 11 is 0. The number of nitrogens with zero attached hydrogens (tertiary/aromatic N) is 2. The van der Waals surface area contributed by atoms with Gasteiger partial charge in [0.2, 0.25) is 0 Å². The summed E-state index contributed by atoms with van der Waals surface area (Å²) in [5.41, 5.74) is 0.779. The van der Waals surface area contributed by atoms with E-state index in [1.54, 1.807) is 25.7 Å². The van der Waals surface area contributed by atoms with Crippen LogP contribution in [0.25, 0.3) is 0 Å². The van der Waals surface area contributed by atoms with Gasteiger partial charge in [-0.2, -0.15) is 0 Å². The van der Waals surface area contributed by atoms with Crippen LogP contribution in [0.15, 0.2) is 0 Å². The van der Waals surface area contributed by atoms with Crippen molar-refractivity contribution in [3.63, 3.8) is 0 Å². The molecule has 0 radical (unpaired) electrons. The van der Waals surface area contributed by atoms with Crippen molar-refractivity contribution in [3.05, 3.63) is 0 Å². The Balaban J connectivity index is 1.49. The van der Waals surface area contributed by atoms with Crippen molar-refractivity contribution in [2.45, 2.75) is 38.5 Å². The van der Waals surface area contributed by atoms with Gasteiger partial charge in [-0.1, -0.05) is 6.42 Å². The van der Waals surface area contributed by atoms with E-state index >= 15 is 0 Å². The minimum Gasteiger partial charge on any atom is -0.309 e. The molecule has 0 unspecified atom stereocenters. The highest BCUT2D eigenvalue weighted by atomic mass is 15.2. The quantitative estimate of drug-likeness (QED) is 0.740. The molecule has 1 aliphatic heterocycles. The molecule has 2 nitrogen and oxygen atoms in total. The van der Waals surface area contributed by atoms with E-state index in [4.69, 9.17) is 0 Å². The lowest BCUT2D eigenvalue weighted by molar-refractivity contribution is 0.162.